The van der Waals surface area contributed by atoms with E-state index in [1.54, 1.807) is 13.3 Å². The number of benzene rings is 1. The summed E-state index contributed by atoms with van der Waals surface area (Å²) in [5.41, 5.74) is 3.05. The maximum Gasteiger partial charge on any atom is 0.237 e. The van der Waals surface area contributed by atoms with E-state index in [-0.39, 0.29) is 0 Å². The fraction of sp³-hybridized carbons (Fsp3) is 0.235. The van der Waals surface area contributed by atoms with Crippen molar-refractivity contribution >= 4 is 5.65 Å². The lowest BCUT2D eigenvalue weighted by atomic mass is 9.94. The zero-order chi connectivity index (χ0) is 14.3. The third-order valence-corrected chi connectivity index (χ3v) is 4.13. The molecule has 106 valence electrons. The highest BCUT2D eigenvalue weighted by Gasteiger charge is 2.39. The van der Waals surface area contributed by atoms with E-state index >= 15 is 0 Å². The van der Waals surface area contributed by atoms with Crippen LogP contribution in [0.1, 0.15) is 17.5 Å². The summed E-state index contributed by atoms with van der Waals surface area (Å²) in [5.74, 6) is 0.0849. The smallest absolute Gasteiger partial charge is 0.237 e. The Morgan fingerprint density at radius 3 is 2.86 bits per heavy atom. The lowest BCUT2D eigenvalue weighted by Crippen LogP contribution is -2.39. The maximum atomic E-state index is 6.32. The van der Waals surface area contributed by atoms with E-state index in [9.17, 15) is 0 Å². The molecule has 0 fully saturated rings. The second-order valence-electron chi connectivity index (χ2n) is 5.25. The number of aryl methyl sites for hydroxylation is 1. The van der Waals surface area contributed by atoms with E-state index in [1.165, 1.54) is 5.56 Å². The second-order valence-corrected chi connectivity index (χ2v) is 5.25. The molecule has 1 aliphatic heterocycles. The molecular weight excluding hydrogens is 264 g/mol. The number of methoxy groups -OCH3 is 1. The van der Waals surface area contributed by atoms with Crippen molar-refractivity contribution in [1.82, 2.24) is 9.38 Å². The summed E-state index contributed by atoms with van der Waals surface area (Å²) < 4.78 is 14.1. The van der Waals surface area contributed by atoms with Crippen LogP contribution in [-0.2, 0) is 16.9 Å². The summed E-state index contributed by atoms with van der Waals surface area (Å²) >= 11 is 0. The Kier molecular flexibility index (Phi) is 2.72. The van der Waals surface area contributed by atoms with E-state index in [0.717, 1.165) is 29.8 Å². The van der Waals surface area contributed by atoms with Gasteiger partial charge in [0.15, 0.2) is 11.4 Å². The summed E-state index contributed by atoms with van der Waals surface area (Å²) in [6, 6.07) is 12.2. The van der Waals surface area contributed by atoms with Crippen LogP contribution in [0.4, 0.5) is 0 Å². The lowest BCUT2D eigenvalue weighted by Gasteiger charge is -2.37. The van der Waals surface area contributed by atoms with E-state index in [1.807, 2.05) is 47.1 Å². The minimum Gasteiger partial charge on any atom is -0.454 e. The van der Waals surface area contributed by atoms with Crippen LogP contribution < -0.4 is 4.74 Å². The van der Waals surface area contributed by atoms with Gasteiger partial charge in [0.2, 0.25) is 5.79 Å². The first-order chi connectivity index (χ1) is 10.3. The van der Waals surface area contributed by atoms with Gasteiger partial charge in [-0.25, -0.2) is 4.98 Å². The third kappa shape index (κ3) is 1.83. The number of rotatable bonds is 2. The average molecular weight is 280 g/mol. The van der Waals surface area contributed by atoms with Crippen molar-refractivity contribution in [2.75, 3.05) is 7.11 Å². The topological polar surface area (TPSA) is 35.8 Å². The van der Waals surface area contributed by atoms with E-state index < -0.39 is 5.79 Å². The van der Waals surface area contributed by atoms with E-state index in [0.29, 0.717) is 0 Å². The molecule has 0 aliphatic carbocycles. The van der Waals surface area contributed by atoms with Gasteiger partial charge in [0.1, 0.15) is 0 Å². The van der Waals surface area contributed by atoms with Gasteiger partial charge in [-0.2, -0.15) is 0 Å². The predicted octanol–water partition coefficient (Wildman–Crippen LogP) is 3.16. The van der Waals surface area contributed by atoms with Gasteiger partial charge < -0.3 is 13.9 Å². The highest BCUT2D eigenvalue weighted by Crippen LogP contribution is 2.41. The van der Waals surface area contributed by atoms with Gasteiger partial charge >= 0.3 is 0 Å². The number of nitrogens with zero attached hydrogens (tertiary/aromatic N) is 2. The molecular formula is C17H16N2O2. The Bertz CT molecular complexity index is 782. The van der Waals surface area contributed by atoms with Crippen molar-refractivity contribution in [3.05, 3.63) is 66.1 Å². The van der Waals surface area contributed by atoms with Gasteiger partial charge in [-0.15, -0.1) is 0 Å². The van der Waals surface area contributed by atoms with E-state index in [2.05, 4.69) is 11.1 Å². The average Bonchev–Trinajstić information content (AvgIpc) is 3.04. The SMILES string of the molecule is COC1(c2ccccc2)CCc2ccn3ccnc3c2O1. The molecule has 0 saturated heterocycles. The van der Waals surface area contributed by atoms with Gasteiger partial charge in [-0.1, -0.05) is 30.3 Å². The number of ether oxygens (including phenoxy) is 2. The van der Waals surface area contributed by atoms with Crippen molar-refractivity contribution in [2.24, 2.45) is 0 Å². The summed E-state index contributed by atoms with van der Waals surface area (Å²) in [6.45, 7) is 0. The molecule has 0 saturated carbocycles. The standard InChI is InChI=1S/C17H16N2O2/c1-20-17(14-5-3-2-4-6-14)9-7-13-8-11-19-12-10-18-16(19)15(13)21-17/h2-6,8,10-12H,7,9H2,1H3. The van der Waals surface area contributed by atoms with Crippen LogP contribution in [0.15, 0.2) is 55.0 Å². The highest BCUT2D eigenvalue weighted by atomic mass is 16.7. The van der Waals surface area contributed by atoms with Crippen LogP contribution in [0.2, 0.25) is 0 Å². The highest BCUT2D eigenvalue weighted by molar-refractivity contribution is 5.59. The molecule has 1 unspecified atom stereocenters. The molecule has 1 aromatic carbocycles. The van der Waals surface area contributed by atoms with Gasteiger partial charge in [-0.05, 0) is 18.1 Å². The first kappa shape index (κ1) is 12.4. The number of aromatic nitrogens is 2. The Morgan fingerprint density at radius 2 is 2.05 bits per heavy atom. The summed E-state index contributed by atoms with van der Waals surface area (Å²) in [4.78, 5) is 4.41. The Morgan fingerprint density at radius 1 is 1.19 bits per heavy atom. The first-order valence-electron chi connectivity index (χ1n) is 7.07. The predicted molar refractivity (Wildman–Crippen MR) is 79.3 cm³/mol. The summed E-state index contributed by atoms with van der Waals surface area (Å²) in [7, 11) is 1.70. The molecule has 4 rings (SSSR count). The second kappa shape index (κ2) is 4.60. The van der Waals surface area contributed by atoms with Crippen molar-refractivity contribution in [1.29, 1.82) is 0 Å². The molecule has 2 aromatic heterocycles. The minimum absolute atomic E-state index is 0.734. The molecule has 3 heterocycles. The van der Waals surface area contributed by atoms with Crippen LogP contribution in [0.25, 0.3) is 5.65 Å². The molecule has 0 spiro atoms. The van der Waals surface area contributed by atoms with Gasteiger partial charge in [0.25, 0.3) is 0 Å². The number of hydrogen-bond acceptors (Lipinski definition) is 3. The molecule has 0 bridgehead atoms. The fourth-order valence-electron chi connectivity index (χ4n) is 2.98. The van der Waals surface area contributed by atoms with Gasteiger partial charge in [0.05, 0.1) is 0 Å². The Labute approximate surface area is 123 Å². The Hall–Kier alpha value is -2.33. The van der Waals surface area contributed by atoms with E-state index in [4.69, 9.17) is 9.47 Å². The molecule has 21 heavy (non-hydrogen) atoms. The molecule has 0 amide bonds. The van der Waals surface area contributed by atoms with Crippen LogP contribution in [0, 0.1) is 0 Å². The normalized spacial score (nSPS) is 21.0. The van der Waals surface area contributed by atoms with Crippen LogP contribution in [0.3, 0.4) is 0 Å². The zero-order valence-corrected chi connectivity index (χ0v) is 11.8. The molecule has 1 aliphatic rings. The first-order valence-corrected chi connectivity index (χ1v) is 7.07. The molecule has 0 radical (unpaired) electrons. The molecule has 3 aromatic rings. The van der Waals surface area contributed by atoms with Gasteiger partial charge in [0, 0.05) is 37.7 Å². The maximum absolute atomic E-state index is 6.32. The van der Waals surface area contributed by atoms with Crippen molar-refractivity contribution in [3.8, 4) is 5.75 Å². The van der Waals surface area contributed by atoms with Gasteiger partial charge in [-0.3, -0.25) is 0 Å². The third-order valence-electron chi connectivity index (χ3n) is 4.13. The quantitative estimate of drug-likeness (QED) is 0.723. The van der Waals surface area contributed by atoms with Crippen LogP contribution >= 0.6 is 0 Å². The monoisotopic (exact) mass is 280 g/mol. The molecule has 4 nitrogen and oxygen atoms in total. The summed E-state index contributed by atoms with van der Waals surface area (Å²) in [5, 5.41) is 0. The minimum atomic E-state index is -0.734. The molecule has 0 N–H and O–H groups in total. The van der Waals surface area contributed by atoms with Crippen molar-refractivity contribution in [2.45, 2.75) is 18.6 Å². The van der Waals surface area contributed by atoms with Crippen LogP contribution in [-0.4, -0.2) is 16.5 Å². The molecule has 1 atom stereocenters. The fourth-order valence-corrected chi connectivity index (χ4v) is 2.98. The largest absolute Gasteiger partial charge is 0.454 e. The number of fused-ring (bicyclic) bond motifs is 3. The van der Waals surface area contributed by atoms with Crippen LogP contribution in [0.5, 0.6) is 5.75 Å². The number of imidazole rings is 1. The molecule has 4 heteroatoms. The number of pyridine rings is 1. The number of hydrogen-bond donors (Lipinski definition) is 0. The Balaban J connectivity index is 1.86. The van der Waals surface area contributed by atoms with Crippen molar-refractivity contribution in [3.63, 3.8) is 0 Å². The summed E-state index contributed by atoms with van der Waals surface area (Å²) in [6.07, 6.45) is 7.42. The van der Waals surface area contributed by atoms with Crippen molar-refractivity contribution < 1.29 is 9.47 Å². The lowest BCUT2D eigenvalue weighted by molar-refractivity contribution is -0.183. The zero-order valence-electron chi connectivity index (χ0n) is 11.8.